The molecule has 1 atom stereocenters. The van der Waals surface area contributed by atoms with Crippen LogP contribution in [0, 0.1) is 0 Å². The lowest BCUT2D eigenvalue weighted by Gasteiger charge is -2.20. The third kappa shape index (κ3) is 2.72. The largest absolute Gasteiger partial charge is 0.396 e. The molecule has 1 unspecified atom stereocenters. The van der Waals surface area contributed by atoms with Gasteiger partial charge in [0, 0.05) is 16.7 Å². The van der Waals surface area contributed by atoms with Crippen molar-refractivity contribution in [3.63, 3.8) is 0 Å². The van der Waals surface area contributed by atoms with Gasteiger partial charge in [0.05, 0.1) is 5.69 Å². The van der Waals surface area contributed by atoms with Crippen molar-refractivity contribution in [3.05, 3.63) is 28.9 Å². The molecule has 4 heteroatoms. The molecule has 1 aromatic rings. The summed E-state index contributed by atoms with van der Waals surface area (Å²) in [4.78, 5) is 4.26. The van der Waals surface area contributed by atoms with E-state index in [1.165, 1.54) is 0 Å². The fourth-order valence-corrected chi connectivity index (χ4v) is 2.04. The number of rotatable bonds is 2. The van der Waals surface area contributed by atoms with Gasteiger partial charge in [0.25, 0.3) is 0 Å². The first-order chi connectivity index (χ1) is 7.25. The quantitative estimate of drug-likeness (QED) is 0.811. The number of pyridine rings is 1. The molecular weight excluding hydrogens is 254 g/mol. The molecule has 1 aromatic heterocycles. The number of nitrogens with two attached hydrogens (primary N) is 1. The lowest BCUT2D eigenvalue weighted by molar-refractivity contribution is 0.642. The number of allylic oxidation sites excluding steroid dienone is 1. The molecule has 80 valence electrons. The van der Waals surface area contributed by atoms with E-state index in [1.54, 1.807) is 6.20 Å². The summed E-state index contributed by atoms with van der Waals surface area (Å²) in [6, 6.07) is 2.33. The van der Waals surface area contributed by atoms with Gasteiger partial charge < -0.3 is 11.1 Å². The van der Waals surface area contributed by atoms with Crippen molar-refractivity contribution in [2.24, 2.45) is 0 Å². The average molecular weight is 268 g/mol. The molecule has 0 bridgehead atoms. The minimum absolute atomic E-state index is 0.464. The van der Waals surface area contributed by atoms with E-state index in [2.05, 4.69) is 38.4 Å². The zero-order valence-electron chi connectivity index (χ0n) is 8.41. The number of nitrogen functional groups attached to an aromatic ring is 1. The van der Waals surface area contributed by atoms with Gasteiger partial charge in [0.15, 0.2) is 0 Å². The molecule has 0 radical (unpaired) electrons. The van der Waals surface area contributed by atoms with Crippen molar-refractivity contribution < 1.29 is 0 Å². The van der Waals surface area contributed by atoms with Crippen LogP contribution >= 0.6 is 15.9 Å². The number of hydrogen-bond donors (Lipinski definition) is 2. The van der Waals surface area contributed by atoms with E-state index < -0.39 is 0 Å². The van der Waals surface area contributed by atoms with Crippen LogP contribution in [0.4, 0.5) is 11.5 Å². The second-order valence-corrected chi connectivity index (χ2v) is 4.63. The lowest BCUT2D eigenvalue weighted by Crippen LogP contribution is -2.21. The van der Waals surface area contributed by atoms with Gasteiger partial charge in [-0.2, -0.15) is 0 Å². The van der Waals surface area contributed by atoms with Crippen molar-refractivity contribution in [1.82, 2.24) is 4.98 Å². The predicted molar refractivity (Wildman–Crippen MR) is 66.8 cm³/mol. The Kier molecular flexibility index (Phi) is 3.26. The number of anilines is 2. The highest BCUT2D eigenvalue weighted by molar-refractivity contribution is 9.10. The van der Waals surface area contributed by atoms with E-state index in [0.717, 1.165) is 29.6 Å². The van der Waals surface area contributed by atoms with Gasteiger partial charge in [-0.15, -0.1) is 0 Å². The standard InChI is InChI=1S/C11H14BrN3/c12-8-6-10(13)11(14-7-8)15-9-4-2-1-3-5-9/h1-2,6-7,9H,3-5,13H2,(H,14,15). The molecule has 0 saturated carbocycles. The van der Waals surface area contributed by atoms with Gasteiger partial charge in [-0.1, -0.05) is 12.2 Å². The first-order valence-corrected chi connectivity index (χ1v) is 5.87. The maximum Gasteiger partial charge on any atom is 0.149 e. The van der Waals surface area contributed by atoms with Crippen LogP contribution in [0.25, 0.3) is 0 Å². The fraction of sp³-hybridized carbons (Fsp3) is 0.364. The summed E-state index contributed by atoms with van der Waals surface area (Å²) in [5.74, 6) is 0.790. The van der Waals surface area contributed by atoms with E-state index >= 15 is 0 Å². The maximum atomic E-state index is 5.87. The molecule has 2 rings (SSSR count). The number of nitrogens with one attached hydrogen (secondary N) is 1. The molecular formula is C11H14BrN3. The fourth-order valence-electron chi connectivity index (χ4n) is 1.69. The number of nitrogens with zero attached hydrogens (tertiary/aromatic N) is 1. The average Bonchev–Trinajstić information content (AvgIpc) is 2.24. The topological polar surface area (TPSA) is 50.9 Å². The summed E-state index contributed by atoms with van der Waals surface area (Å²) in [6.07, 6.45) is 9.52. The Morgan fingerprint density at radius 1 is 1.47 bits per heavy atom. The Labute approximate surface area is 97.9 Å². The minimum Gasteiger partial charge on any atom is -0.396 e. The highest BCUT2D eigenvalue weighted by atomic mass is 79.9. The van der Waals surface area contributed by atoms with Gasteiger partial charge in [-0.3, -0.25) is 0 Å². The van der Waals surface area contributed by atoms with Crippen LogP contribution in [-0.4, -0.2) is 11.0 Å². The highest BCUT2D eigenvalue weighted by Gasteiger charge is 2.11. The zero-order valence-corrected chi connectivity index (χ0v) is 10.00. The number of hydrogen-bond acceptors (Lipinski definition) is 3. The van der Waals surface area contributed by atoms with Crippen molar-refractivity contribution in [1.29, 1.82) is 0 Å². The first-order valence-electron chi connectivity index (χ1n) is 5.08. The van der Waals surface area contributed by atoms with Gasteiger partial charge in [0.2, 0.25) is 0 Å². The van der Waals surface area contributed by atoms with Gasteiger partial charge >= 0.3 is 0 Å². The maximum absolute atomic E-state index is 5.87. The number of halogens is 1. The van der Waals surface area contributed by atoms with Gasteiger partial charge in [-0.25, -0.2) is 4.98 Å². The monoisotopic (exact) mass is 267 g/mol. The molecule has 15 heavy (non-hydrogen) atoms. The van der Waals surface area contributed by atoms with E-state index in [1.807, 2.05) is 6.07 Å². The van der Waals surface area contributed by atoms with Crippen molar-refractivity contribution in [2.75, 3.05) is 11.1 Å². The summed E-state index contributed by atoms with van der Waals surface area (Å²) in [5.41, 5.74) is 6.56. The molecule has 0 saturated heterocycles. The Hall–Kier alpha value is -1.03. The molecule has 3 N–H and O–H groups in total. The van der Waals surface area contributed by atoms with E-state index in [9.17, 15) is 0 Å². The predicted octanol–water partition coefficient (Wildman–Crippen LogP) is 2.95. The molecule has 1 aliphatic carbocycles. The Morgan fingerprint density at radius 3 is 3.00 bits per heavy atom. The van der Waals surface area contributed by atoms with Crippen molar-refractivity contribution >= 4 is 27.4 Å². The molecule has 0 aliphatic heterocycles. The smallest absolute Gasteiger partial charge is 0.149 e. The van der Waals surface area contributed by atoms with E-state index in [0.29, 0.717) is 11.7 Å². The summed E-state index contributed by atoms with van der Waals surface area (Å²) in [5, 5.41) is 3.37. The molecule has 3 nitrogen and oxygen atoms in total. The van der Waals surface area contributed by atoms with Crippen LogP contribution in [0.1, 0.15) is 19.3 Å². The summed E-state index contributed by atoms with van der Waals surface area (Å²) in [7, 11) is 0. The number of aromatic nitrogens is 1. The van der Waals surface area contributed by atoms with Crippen LogP contribution < -0.4 is 11.1 Å². The molecule has 1 aliphatic rings. The third-order valence-corrected chi connectivity index (χ3v) is 2.93. The van der Waals surface area contributed by atoms with Crippen LogP contribution in [0.5, 0.6) is 0 Å². The minimum atomic E-state index is 0.464. The van der Waals surface area contributed by atoms with Gasteiger partial charge in [0.1, 0.15) is 5.82 Å². The van der Waals surface area contributed by atoms with Crippen LogP contribution in [0.3, 0.4) is 0 Å². The highest BCUT2D eigenvalue weighted by Crippen LogP contribution is 2.23. The van der Waals surface area contributed by atoms with Gasteiger partial charge in [-0.05, 0) is 41.3 Å². The zero-order chi connectivity index (χ0) is 10.7. The third-order valence-electron chi connectivity index (χ3n) is 2.49. The second kappa shape index (κ2) is 4.66. The molecule has 0 spiro atoms. The molecule has 1 heterocycles. The van der Waals surface area contributed by atoms with E-state index in [4.69, 9.17) is 5.73 Å². The lowest BCUT2D eigenvalue weighted by atomic mass is 10.0. The van der Waals surface area contributed by atoms with Crippen LogP contribution in [0.2, 0.25) is 0 Å². The molecule has 0 aromatic carbocycles. The van der Waals surface area contributed by atoms with Crippen molar-refractivity contribution in [2.45, 2.75) is 25.3 Å². The SMILES string of the molecule is Nc1cc(Br)cnc1NC1CC=CCC1. The Balaban J connectivity index is 2.06. The normalized spacial score (nSPS) is 20.2. The molecule has 0 amide bonds. The van der Waals surface area contributed by atoms with Crippen LogP contribution in [0.15, 0.2) is 28.9 Å². The second-order valence-electron chi connectivity index (χ2n) is 3.72. The van der Waals surface area contributed by atoms with Crippen molar-refractivity contribution in [3.8, 4) is 0 Å². The van der Waals surface area contributed by atoms with E-state index in [-0.39, 0.29) is 0 Å². The first kappa shape index (κ1) is 10.5. The molecule has 0 fully saturated rings. The Bertz CT molecular complexity index is 376. The summed E-state index contributed by atoms with van der Waals surface area (Å²) < 4.78 is 0.911. The Morgan fingerprint density at radius 2 is 2.33 bits per heavy atom. The van der Waals surface area contributed by atoms with Crippen LogP contribution in [-0.2, 0) is 0 Å². The summed E-state index contributed by atoms with van der Waals surface area (Å²) in [6.45, 7) is 0. The summed E-state index contributed by atoms with van der Waals surface area (Å²) >= 11 is 3.34.